The lowest BCUT2D eigenvalue weighted by atomic mass is 10.2. The number of hydrogen-bond acceptors (Lipinski definition) is 3. The minimum atomic E-state index is -0.808. The average molecular weight is 303 g/mol. The minimum Gasteiger partial charge on any atom is -0.465 e. The Balaban J connectivity index is 0.00000180. The van der Waals surface area contributed by atoms with Crippen LogP contribution in [0.3, 0.4) is 0 Å². The molecule has 0 saturated carbocycles. The second-order valence-corrected chi connectivity index (χ2v) is 5.50. The Labute approximate surface area is 124 Å². The predicted octanol–water partition coefficient (Wildman–Crippen LogP) is 2.54. The van der Waals surface area contributed by atoms with Crippen molar-refractivity contribution in [2.45, 2.75) is 17.4 Å². The van der Waals surface area contributed by atoms with Gasteiger partial charge in [-0.15, -0.1) is 24.2 Å². The van der Waals surface area contributed by atoms with Gasteiger partial charge in [-0.3, -0.25) is 0 Å². The van der Waals surface area contributed by atoms with Crippen molar-refractivity contribution in [1.29, 1.82) is 0 Å². The molecule has 106 valence electrons. The van der Waals surface area contributed by atoms with E-state index in [4.69, 9.17) is 5.11 Å². The highest BCUT2D eigenvalue weighted by Crippen LogP contribution is 2.19. The molecule has 1 aliphatic rings. The summed E-state index contributed by atoms with van der Waals surface area (Å²) in [6.45, 7) is 1.95. The van der Waals surface area contributed by atoms with Crippen LogP contribution in [0.25, 0.3) is 0 Å². The first-order valence-corrected chi connectivity index (χ1v) is 7.13. The topological polar surface area (TPSA) is 52.6 Å². The number of rotatable bonds is 4. The van der Waals surface area contributed by atoms with Crippen LogP contribution in [0.5, 0.6) is 0 Å². The number of piperazine rings is 1. The van der Waals surface area contributed by atoms with E-state index >= 15 is 0 Å². The summed E-state index contributed by atoms with van der Waals surface area (Å²) in [4.78, 5) is 13.6. The van der Waals surface area contributed by atoms with E-state index in [1.165, 1.54) is 9.80 Å². The first-order valence-electron chi connectivity index (χ1n) is 6.15. The fourth-order valence-electron chi connectivity index (χ4n) is 2.03. The molecule has 0 unspecified atom stereocenters. The van der Waals surface area contributed by atoms with E-state index in [0.717, 1.165) is 18.7 Å². The number of carbonyl (C=O) groups is 1. The standard InChI is InChI=1S/C13H18N2O2S.ClH/c16-13(17)15-8-7-14-11(10-15)6-9-18-12-4-2-1-3-5-12;/h1-5,11,14H,6-10H2,(H,16,17);1H/t11-;/m1./s1. The summed E-state index contributed by atoms with van der Waals surface area (Å²) in [6, 6.07) is 10.6. The van der Waals surface area contributed by atoms with Crippen molar-refractivity contribution in [2.24, 2.45) is 0 Å². The number of hydrogen-bond donors (Lipinski definition) is 2. The molecule has 4 nitrogen and oxygen atoms in total. The predicted molar refractivity (Wildman–Crippen MR) is 80.4 cm³/mol. The Kier molecular flexibility index (Phi) is 7.05. The molecule has 2 rings (SSSR count). The lowest BCUT2D eigenvalue weighted by molar-refractivity contribution is 0.128. The zero-order chi connectivity index (χ0) is 12.8. The monoisotopic (exact) mass is 302 g/mol. The summed E-state index contributed by atoms with van der Waals surface area (Å²) in [5.74, 6) is 1.01. The first kappa shape index (κ1) is 16.1. The SMILES string of the molecule is Cl.O=C(O)N1CCN[C@H](CCSc2ccccc2)C1. The van der Waals surface area contributed by atoms with Gasteiger partial charge in [0.15, 0.2) is 0 Å². The van der Waals surface area contributed by atoms with Gasteiger partial charge in [0, 0.05) is 30.6 Å². The third-order valence-electron chi connectivity index (χ3n) is 3.00. The third-order valence-corrected chi connectivity index (χ3v) is 4.05. The van der Waals surface area contributed by atoms with E-state index in [-0.39, 0.29) is 18.4 Å². The maximum Gasteiger partial charge on any atom is 0.407 e. The number of amides is 1. The van der Waals surface area contributed by atoms with Crippen LogP contribution in [0.1, 0.15) is 6.42 Å². The fourth-order valence-corrected chi connectivity index (χ4v) is 3.02. The van der Waals surface area contributed by atoms with Crippen LogP contribution >= 0.6 is 24.2 Å². The Bertz CT molecular complexity index is 391. The average Bonchev–Trinajstić information content (AvgIpc) is 2.40. The van der Waals surface area contributed by atoms with Crippen molar-refractivity contribution in [3.05, 3.63) is 30.3 Å². The number of benzene rings is 1. The van der Waals surface area contributed by atoms with E-state index in [1.807, 2.05) is 30.0 Å². The molecule has 2 N–H and O–H groups in total. The first-order chi connectivity index (χ1) is 8.75. The summed E-state index contributed by atoms with van der Waals surface area (Å²) >= 11 is 1.82. The van der Waals surface area contributed by atoms with Gasteiger partial charge >= 0.3 is 6.09 Å². The van der Waals surface area contributed by atoms with E-state index in [9.17, 15) is 4.79 Å². The third kappa shape index (κ3) is 5.30. The Morgan fingerprint density at radius 3 is 2.84 bits per heavy atom. The molecule has 0 radical (unpaired) electrons. The van der Waals surface area contributed by atoms with Crippen molar-refractivity contribution in [3.8, 4) is 0 Å². The van der Waals surface area contributed by atoms with Gasteiger partial charge in [-0.1, -0.05) is 18.2 Å². The van der Waals surface area contributed by atoms with Crippen LogP contribution in [-0.2, 0) is 0 Å². The molecule has 0 aromatic heterocycles. The molecule has 1 heterocycles. The Hall–Kier alpha value is -0.910. The molecule has 6 heteroatoms. The van der Waals surface area contributed by atoms with Crippen molar-refractivity contribution in [2.75, 3.05) is 25.4 Å². The highest BCUT2D eigenvalue weighted by Gasteiger charge is 2.22. The second-order valence-electron chi connectivity index (χ2n) is 4.33. The highest BCUT2D eigenvalue weighted by molar-refractivity contribution is 7.99. The number of carboxylic acid groups (broad SMARTS) is 1. The van der Waals surface area contributed by atoms with E-state index in [0.29, 0.717) is 13.1 Å². The molecule has 0 spiro atoms. The van der Waals surface area contributed by atoms with Gasteiger partial charge in [-0.25, -0.2) is 4.79 Å². The summed E-state index contributed by atoms with van der Waals surface area (Å²) in [5, 5.41) is 12.3. The Morgan fingerprint density at radius 2 is 2.16 bits per heavy atom. The van der Waals surface area contributed by atoms with E-state index < -0.39 is 6.09 Å². The molecule has 0 aliphatic carbocycles. The molecule has 19 heavy (non-hydrogen) atoms. The molecule has 1 aromatic rings. The summed E-state index contributed by atoms with van der Waals surface area (Å²) in [5.41, 5.74) is 0. The number of halogens is 1. The quantitative estimate of drug-likeness (QED) is 0.839. The Morgan fingerprint density at radius 1 is 1.42 bits per heavy atom. The number of thioether (sulfide) groups is 1. The summed E-state index contributed by atoms with van der Waals surface area (Å²) in [7, 11) is 0. The van der Waals surface area contributed by atoms with Gasteiger partial charge in [0.1, 0.15) is 0 Å². The van der Waals surface area contributed by atoms with Crippen LogP contribution < -0.4 is 5.32 Å². The second kappa shape index (κ2) is 8.30. The van der Waals surface area contributed by atoms with E-state index in [2.05, 4.69) is 17.4 Å². The molecule has 1 saturated heterocycles. The molecular weight excluding hydrogens is 284 g/mol. The van der Waals surface area contributed by atoms with Crippen molar-refractivity contribution >= 4 is 30.3 Å². The maximum absolute atomic E-state index is 10.9. The molecule has 1 atom stereocenters. The van der Waals surface area contributed by atoms with Crippen LogP contribution in [-0.4, -0.2) is 47.5 Å². The van der Waals surface area contributed by atoms with Gasteiger partial charge in [-0.05, 0) is 24.3 Å². The van der Waals surface area contributed by atoms with Gasteiger partial charge < -0.3 is 15.3 Å². The van der Waals surface area contributed by atoms with Gasteiger partial charge in [0.2, 0.25) is 0 Å². The molecule has 1 aliphatic heterocycles. The van der Waals surface area contributed by atoms with Crippen LogP contribution in [0.2, 0.25) is 0 Å². The minimum absolute atomic E-state index is 0. The molecule has 1 fully saturated rings. The lowest BCUT2D eigenvalue weighted by Crippen LogP contribution is -2.52. The molecule has 0 bridgehead atoms. The number of nitrogens with one attached hydrogen (secondary N) is 1. The van der Waals surface area contributed by atoms with Crippen molar-refractivity contribution in [1.82, 2.24) is 10.2 Å². The summed E-state index contributed by atoms with van der Waals surface area (Å²) < 4.78 is 0. The molecule has 1 aromatic carbocycles. The zero-order valence-electron chi connectivity index (χ0n) is 10.6. The smallest absolute Gasteiger partial charge is 0.407 e. The fraction of sp³-hybridized carbons (Fsp3) is 0.462. The number of nitrogens with zero attached hydrogens (tertiary/aromatic N) is 1. The largest absolute Gasteiger partial charge is 0.465 e. The highest BCUT2D eigenvalue weighted by atomic mass is 35.5. The summed E-state index contributed by atoms with van der Waals surface area (Å²) in [6.07, 6.45) is 0.181. The lowest BCUT2D eigenvalue weighted by Gasteiger charge is -2.31. The molecule has 1 amide bonds. The van der Waals surface area contributed by atoms with Crippen LogP contribution in [0.15, 0.2) is 35.2 Å². The van der Waals surface area contributed by atoms with Crippen LogP contribution in [0.4, 0.5) is 4.79 Å². The zero-order valence-corrected chi connectivity index (χ0v) is 12.3. The molecular formula is C13H19ClN2O2S. The van der Waals surface area contributed by atoms with E-state index in [1.54, 1.807) is 0 Å². The van der Waals surface area contributed by atoms with Crippen molar-refractivity contribution < 1.29 is 9.90 Å². The van der Waals surface area contributed by atoms with Gasteiger partial charge in [-0.2, -0.15) is 0 Å². The normalized spacial score (nSPS) is 18.7. The van der Waals surface area contributed by atoms with Gasteiger partial charge in [0.25, 0.3) is 0 Å². The van der Waals surface area contributed by atoms with Gasteiger partial charge in [0.05, 0.1) is 0 Å². The maximum atomic E-state index is 10.9. The van der Waals surface area contributed by atoms with Crippen molar-refractivity contribution in [3.63, 3.8) is 0 Å². The van der Waals surface area contributed by atoms with Crippen LogP contribution in [0, 0.1) is 0 Å².